The predicted molar refractivity (Wildman–Crippen MR) is 119 cm³/mol. The number of benzene rings is 2. The molecule has 0 bridgehead atoms. The third-order valence-electron chi connectivity index (χ3n) is 5.41. The van der Waals surface area contributed by atoms with E-state index in [2.05, 4.69) is 29.8 Å². The summed E-state index contributed by atoms with van der Waals surface area (Å²) in [5, 5.41) is 2.27. The molecule has 6 nitrogen and oxygen atoms in total. The summed E-state index contributed by atoms with van der Waals surface area (Å²) in [4.78, 5) is 26.0. The second-order valence-corrected chi connectivity index (χ2v) is 8.05. The third-order valence-corrected chi connectivity index (χ3v) is 5.41. The zero-order chi connectivity index (χ0) is 21.1. The first-order valence-electron chi connectivity index (χ1n) is 10.5. The van der Waals surface area contributed by atoms with E-state index < -0.39 is 0 Å². The standard InChI is InChI=1S/C24H28N4O2/c1-17(2)24-25-18(3)14-22(26-24)27-10-12-28(13-11-27)23(29)16-30-21-9-8-19-6-4-5-7-20(19)15-21/h4-9,14-15,17H,10-13,16H2,1-3H3. The predicted octanol–water partition coefficient (Wildman–Crippen LogP) is 3.79. The molecule has 4 rings (SSSR count). The van der Waals surface area contributed by atoms with Gasteiger partial charge in [-0.1, -0.05) is 44.2 Å². The summed E-state index contributed by atoms with van der Waals surface area (Å²) < 4.78 is 5.77. The van der Waals surface area contributed by atoms with Gasteiger partial charge < -0.3 is 14.5 Å². The highest BCUT2D eigenvalue weighted by atomic mass is 16.5. The van der Waals surface area contributed by atoms with Crippen LogP contribution in [0.1, 0.15) is 31.3 Å². The topological polar surface area (TPSA) is 58.6 Å². The Morgan fingerprint density at radius 2 is 1.73 bits per heavy atom. The normalized spacial score (nSPS) is 14.4. The van der Waals surface area contributed by atoms with Gasteiger partial charge in [-0.2, -0.15) is 0 Å². The second-order valence-electron chi connectivity index (χ2n) is 8.05. The first kappa shape index (κ1) is 20.1. The van der Waals surface area contributed by atoms with Crippen molar-refractivity contribution < 1.29 is 9.53 Å². The average molecular weight is 405 g/mol. The minimum absolute atomic E-state index is 0.0181. The van der Waals surface area contributed by atoms with E-state index in [0.29, 0.717) is 19.0 Å². The number of ether oxygens (including phenoxy) is 1. The number of rotatable bonds is 5. The maximum atomic E-state index is 12.6. The molecule has 1 aliphatic rings. The Morgan fingerprint density at radius 3 is 2.47 bits per heavy atom. The van der Waals surface area contributed by atoms with Crippen LogP contribution >= 0.6 is 0 Å². The van der Waals surface area contributed by atoms with Crippen LogP contribution in [-0.4, -0.2) is 53.6 Å². The van der Waals surface area contributed by atoms with Gasteiger partial charge in [-0.15, -0.1) is 0 Å². The summed E-state index contributed by atoms with van der Waals surface area (Å²) in [6.45, 7) is 9.12. The molecule has 0 saturated carbocycles. The molecule has 2 aromatic carbocycles. The van der Waals surface area contributed by atoms with Gasteiger partial charge >= 0.3 is 0 Å². The fraction of sp³-hybridized carbons (Fsp3) is 0.375. The van der Waals surface area contributed by atoms with E-state index in [-0.39, 0.29) is 12.5 Å². The highest BCUT2D eigenvalue weighted by Crippen LogP contribution is 2.21. The van der Waals surface area contributed by atoms with Crippen molar-refractivity contribution in [3.8, 4) is 5.75 Å². The van der Waals surface area contributed by atoms with Gasteiger partial charge in [-0.25, -0.2) is 9.97 Å². The lowest BCUT2D eigenvalue weighted by Crippen LogP contribution is -2.50. The van der Waals surface area contributed by atoms with Crippen molar-refractivity contribution in [3.05, 3.63) is 60.0 Å². The van der Waals surface area contributed by atoms with Gasteiger partial charge in [0.1, 0.15) is 17.4 Å². The van der Waals surface area contributed by atoms with Crippen molar-refractivity contribution in [3.63, 3.8) is 0 Å². The highest BCUT2D eigenvalue weighted by Gasteiger charge is 2.23. The van der Waals surface area contributed by atoms with E-state index in [4.69, 9.17) is 9.72 Å². The molecule has 156 valence electrons. The van der Waals surface area contributed by atoms with Crippen molar-refractivity contribution in [1.82, 2.24) is 14.9 Å². The van der Waals surface area contributed by atoms with Crippen molar-refractivity contribution in [2.45, 2.75) is 26.7 Å². The van der Waals surface area contributed by atoms with Crippen molar-refractivity contribution in [2.75, 3.05) is 37.7 Å². The quantitative estimate of drug-likeness (QED) is 0.648. The molecule has 1 amide bonds. The molecule has 2 heterocycles. The number of aryl methyl sites for hydroxylation is 1. The summed E-state index contributed by atoms with van der Waals surface area (Å²) >= 11 is 0. The molecule has 1 aromatic heterocycles. The third kappa shape index (κ3) is 4.53. The van der Waals surface area contributed by atoms with Crippen LogP contribution in [0.4, 0.5) is 5.82 Å². The minimum Gasteiger partial charge on any atom is -0.484 e. The fourth-order valence-corrected chi connectivity index (χ4v) is 3.67. The lowest BCUT2D eigenvalue weighted by molar-refractivity contribution is -0.133. The van der Waals surface area contributed by atoms with Crippen molar-refractivity contribution in [1.29, 1.82) is 0 Å². The monoisotopic (exact) mass is 404 g/mol. The Bertz CT molecular complexity index is 1040. The first-order valence-corrected chi connectivity index (χ1v) is 10.5. The molecule has 0 spiro atoms. The maximum absolute atomic E-state index is 12.6. The van der Waals surface area contributed by atoms with Crippen LogP contribution in [0.15, 0.2) is 48.5 Å². The SMILES string of the molecule is Cc1cc(N2CCN(C(=O)COc3ccc4ccccc4c3)CC2)nc(C(C)C)n1. The van der Waals surface area contributed by atoms with E-state index >= 15 is 0 Å². The Hall–Kier alpha value is -3.15. The van der Waals surface area contributed by atoms with E-state index in [1.807, 2.05) is 54.3 Å². The molecule has 0 N–H and O–H groups in total. The molecule has 1 fully saturated rings. The van der Waals surface area contributed by atoms with E-state index in [0.717, 1.165) is 46.9 Å². The summed E-state index contributed by atoms with van der Waals surface area (Å²) in [6, 6.07) is 16.0. The molecular weight excluding hydrogens is 376 g/mol. The zero-order valence-corrected chi connectivity index (χ0v) is 17.8. The minimum atomic E-state index is 0.0181. The largest absolute Gasteiger partial charge is 0.484 e. The van der Waals surface area contributed by atoms with Crippen LogP contribution in [0.2, 0.25) is 0 Å². The number of aromatic nitrogens is 2. The van der Waals surface area contributed by atoms with Gasteiger partial charge in [0.25, 0.3) is 5.91 Å². The molecule has 3 aromatic rings. The van der Waals surface area contributed by atoms with Crippen LogP contribution in [-0.2, 0) is 4.79 Å². The van der Waals surface area contributed by atoms with E-state index in [9.17, 15) is 4.79 Å². The number of piperazine rings is 1. The molecule has 6 heteroatoms. The number of hydrogen-bond donors (Lipinski definition) is 0. The molecular formula is C24H28N4O2. The number of amides is 1. The fourth-order valence-electron chi connectivity index (χ4n) is 3.67. The molecule has 0 aliphatic carbocycles. The molecule has 1 saturated heterocycles. The highest BCUT2D eigenvalue weighted by molar-refractivity contribution is 5.84. The Kier molecular flexibility index (Phi) is 5.84. The van der Waals surface area contributed by atoms with Crippen molar-refractivity contribution >= 4 is 22.5 Å². The number of carbonyl (C=O) groups excluding carboxylic acids is 1. The van der Waals surface area contributed by atoms with Gasteiger partial charge in [0.05, 0.1) is 0 Å². The molecule has 1 aliphatic heterocycles. The molecule has 0 radical (unpaired) electrons. The maximum Gasteiger partial charge on any atom is 0.260 e. The zero-order valence-electron chi connectivity index (χ0n) is 17.8. The van der Waals surface area contributed by atoms with Crippen LogP contribution in [0.3, 0.4) is 0 Å². The lowest BCUT2D eigenvalue weighted by Gasteiger charge is -2.35. The van der Waals surface area contributed by atoms with Gasteiger partial charge in [-0.05, 0) is 29.8 Å². The Labute approximate surface area is 177 Å². The van der Waals surface area contributed by atoms with Crippen LogP contribution in [0.5, 0.6) is 5.75 Å². The number of nitrogens with zero attached hydrogens (tertiary/aromatic N) is 4. The van der Waals surface area contributed by atoms with Gasteiger partial charge in [0.2, 0.25) is 0 Å². The van der Waals surface area contributed by atoms with Crippen LogP contribution in [0, 0.1) is 6.92 Å². The Morgan fingerprint density at radius 1 is 1.00 bits per heavy atom. The Balaban J connectivity index is 1.33. The first-order chi connectivity index (χ1) is 14.5. The van der Waals surface area contributed by atoms with E-state index in [1.54, 1.807) is 0 Å². The van der Waals surface area contributed by atoms with Crippen LogP contribution < -0.4 is 9.64 Å². The van der Waals surface area contributed by atoms with Crippen LogP contribution in [0.25, 0.3) is 10.8 Å². The number of carbonyl (C=O) groups is 1. The summed E-state index contributed by atoms with van der Waals surface area (Å²) in [5.74, 6) is 2.85. The lowest BCUT2D eigenvalue weighted by atomic mass is 10.1. The summed E-state index contributed by atoms with van der Waals surface area (Å²) in [7, 11) is 0. The number of hydrogen-bond acceptors (Lipinski definition) is 5. The van der Waals surface area contributed by atoms with Gasteiger partial charge in [0.15, 0.2) is 6.61 Å². The average Bonchev–Trinajstić information content (AvgIpc) is 2.77. The molecule has 30 heavy (non-hydrogen) atoms. The number of anilines is 1. The summed E-state index contributed by atoms with van der Waals surface area (Å²) in [5.41, 5.74) is 0.978. The van der Waals surface area contributed by atoms with Gasteiger partial charge in [-0.3, -0.25) is 4.79 Å². The van der Waals surface area contributed by atoms with Gasteiger partial charge in [0, 0.05) is 43.9 Å². The molecule has 0 atom stereocenters. The summed E-state index contributed by atoms with van der Waals surface area (Å²) in [6.07, 6.45) is 0. The smallest absolute Gasteiger partial charge is 0.260 e. The van der Waals surface area contributed by atoms with E-state index in [1.165, 1.54) is 0 Å². The second kappa shape index (κ2) is 8.69. The van der Waals surface area contributed by atoms with Crippen molar-refractivity contribution in [2.24, 2.45) is 0 Å². The molecule has 0 unspecified atom stereocenters. The number of fused-ring (bicyclic) bond motifs is 1.